The maximum absolute atomic E-state index is 14.2. The minimum Gasteiger partial charge on any atom is -0.350 e. The molecule has 7 aromatic rings. The fraction of sp³-hybridized carbons (Fsp3) is 0.0588. The van der Waals surface area contributed by atoms with E-state index in [1.165, 1.54) is 0 Å². The molecular weight excluding hydrogens is 593 g/mol. The van der Waals surface area contributed by atoms with Gasteiger partial charge in [-0.05, 0) is 48.9 Å². The number of anilines is 1. The lowest BCUT2D eigenvalue weighted by atomic mass is 9.99. The van der Waals surface area contributed by atoms with Crippen molar-refractivity contribution in [3.8, 4) is 28.3 Å². The molecule has 0 aliphatic rings. The third kappa shape index (κ3) is 5.04. The van der Waals surface area contributed by atoms with Crippen LogP contribution in [0, 0.1) is 0 Å². The number of carbonyl (C=O) groups is 1. The number of hydrogen-bond acceptors (Lipinski definition) is 4. The number of imidazole rings is 1. The highest BCUT2D eigenvalue weighted by molar-refractivity contribution is 6.31. The van der Waals surface area contributed by atoms with Gasteiger partial charge >= 0.3 is 0 Å². The second-order valence-electron chi connectivity index (χ2n) is 10.3. The molecule has 0 aliphatic heterocycles. The average molecular weight is 619 g/mol. The Labute approximate surface area is 262 Å². The predicted octanol–water partition coefficient (Wildman–Crippen LogP) is 8.45. The molecule has 8 nitrogen and oxygen atoms in total. The number of benzene rings is 3. The highest BCUT2D eigenvalue weighted by Gasteiger charge is 2.28. The van der Waals surface area contributed by atoms with Gasteiger partial charge in [0.2, 0.25) is 0 Å². The Hall–Kier alpha value is -5.18. The molecule has 3 aromatic carbocycles. The Bertz CT molecular complexity index is 2100. The largest absolute Gasteiger partial charge is 0.350 e. The van der Waals surface area contributed by atoms with Crippen molar-refractivity contribution >= 4 is 45.8 Å². The summed E-state index contributed by atoms with van der Waals surface area (Å²) in [6.45, 7) is 2.10. The number of rotatable bonds is 7. The van der Waals surface area contributed by atoms with Crippen LogP contribution in [0.1, 0.15) is 29.0 Å². The standard InChI is InChI=1S/C34H25Cl2N7O/c1-21(22-10-12-24(35)13-11-22)42-20-38-31(23-7-3-2-4-8-23)33(42)30-26-15-14-25(36)19-27(26)40-32(30)34(44)41-29-16-18-39-43(29)28-9-5-6-17-37-28/h2-21,40H,1H3,(H,41,44)/t21-/m0/s1. The highest BCUT2D eigenvalue weighted by atomic mass is 35.5. The SMILES string of the molecule is C[C@@H](c1ccc(Cl)cc1)n1cnc(-c2ccccc2)c1-c1c(C(=O)Nc2ccnn2-c2ccccn2)[nH]c2cc(Cl)ccc12. The number of nitrogens with one attached hydrogen (secondary N) is 2. The first-order valence-electron chi connectivity index (χ1n) is 13.9. The van der Waals surface area contributed by atoms with Gasteiger partial charge in [-0.25, -0.2) is 9.97 Å². The van der Waals surface area contributed by atoms with E-state index in [4.69, 9.17) is 28.2 Å². The molecule has 1 atom stereocenters. The number of H-pyrrole nitrogens is 1. The van der Waals surface area contributed by atoms with Crippen LogP contribution < -0.4 is 5.32 Å². The van der Waals surface area contributed by atoms with Gasteiger partial charge in [0.15, 0.2) is 5.82 Å². The molecule has 1 amide bonds. The molecule has 4 aromatic heterocycles. The van der Waals surface area contributed by atoms with Gasteiger partial charge < -0.3 is 14.9 Å². The summed E-state index contributed by atoms with van der Waals surface area (Å²) in [6, 6.07) is 30.4. The zero-order valence-corrected chi connectivity index (χ0v) is 25.0. The zero-order valence-electron chi connectivity index (χ0n) is 23.4. The lowest BCUT2D eigenvalue weighted by Crippen LogP contribution is -2.17. The third-order valence-electron chi connectivity index (χ3n) is 7.59. The first kappa shape index (κ1) is 27.6. The van der Waals surface area contributed by atoms with Crippen molar-refractivity contribution in [2.24, 2.45) is 0 Å². The van der Waals surface area contributed by atoms with E-state index in [1.807, 2.05) is 97.3 Å². The van der Waals surface area contributed by atoms with Crippen molar-refractivity contribution in [1.82, 2.24) is 29.3 Å². The minimum absolute atomic E-state index is 0.133. The van der Waals surface area contributed by atoms with Crippen LogP contribution in [0.25, 0.3) is 39.2 Å². The number of carbonyl (C=O) groups excluding carboxylic acids is 1. The number of pyridine rings is 1. The molecule has 0 spiro atoms. The normalized spacial score (nSPS) is 12.0. The van der Waals surface area contributed by atoms with Crippen LogP contribution in [0.4, 0.5) is 5.82 Å². The monoisotopic (exact) mass is 617 g/mol. The topological polar surface area (TPSA) is 93.4 Å². The Balaban J connectivity index is 1.42. The van der Waals surface area contributed by atoms with E-state index >= 15 is 0 Å². The number of nitrogens with zero attached hydrogens (tertiary/aromatic N) is 5. The number of halogens is 2. The van der Waals surface area contributed by atoms with Gasteiger partial charge in [-0.15, -0.1) is 0 Å². The van der Waals surface area contributed by atoms with Crippen molar-refractivity contribution in [2.45, 2.75) is 13.0 Å². The number of amides is 1. The van der Waals surface area contributed by atoms with Gasteiger partial charge in [0, 0.05) is 44.3 Å². The second-order valence-corrected chi connectivity index (χ2v) is 11.2. The van der Waals surface area contributed by atoms with E-state index in [1.54, 1.807) is 23.1 Å². The van der Waals surface area contributed by atoms with Crippen LogP contribution in [0.2, 0.25) is 10.0 Å². The van der Waals surface area contributed by atoms with E-state index in [9.17, 15) is 4.79 Å². The summed E-state index contributed by atoms with van der Waals surface area (Å²) in [5, 5.41) is 9.47. The molecule has 216 valence electrons. The highest BCUT2D eigenvalue weighted by Crippen LogP contribution is 2.41. The molecule has 44 heavy (non-hydrogen) atoms. The van der Waals surface area contributed by atoms with Gasteiger partial charge in [0.05, 0.1) is 30.0 Å². The van der Waals surface area contributed by atoms with Crippen molar-refractivity contribution in [2.75, 3.05) is 5.32 Å². The van der Waals surface area contributed by atoms with Crippen molar-refractivity contribution in [3.05, 3.63) is 137 Å². The lowest BCUT2D eigenvalue weighted by molar-refractivity contribution is 0.102. The van der Waals surface area contributed by atoms with E-state index in [0.29, 0.717) is 32.9 Å². The van der Waals surface area contributed by atoms with Crippen LogP contribution in [0.5, 0.6) is 0 Å². The fourth-order valence-corrected chi connectivity index (χ4v) is 5.73. The lowest BCUT2D eigenvalue weighted by Gasteiger charge is -2.19. The molecule has 0 aliphatic carbocycles. The summed E-state index contributed by atoms with van der Waals surface area (Å²) >= 11 is 12.6. The summed E-state index contributed by atoms with van der Waals surface area (Å²) in [6.07, 6.45) is 5.12. The van der Waals surface area contributed by atoms with E-state index in [0.717, 1.165) is 33.4 Å². The Kier molecular flexibility index (Phi) is 7.21. The van der Waals surface area contributed by atoms with Crippen molar-refractivity contribution < 1.29 is 4.79 Å². The van der Waals surface area contributed by atoms with Crippen LogP contribution in [-0.2, 0) is 0 Å². The molecule has 0 saturated carbocycles. The number of hydrogen-bond donors (Lipinski definition) is 2. The summed E-state index contributed by atoms with van der Waals surface area (Å²) in [7, 11) is 0. The van der Waals surface area contributed by atoms with E-state index in [2.05, 4.69) is 31.9 Å². The number of aromatic nitrogens is 6. The van der Waals surface area contributed by atoms with Gasteiger partial charge in [-0.3, -0.25) is 4.79 Å². The van der Waals surface area contributed by atoms with Gasteiger partial charge in [-0.2, -0.15) is 9.78 Å². The number of aromatic amines is 1. The fourth-order valence-electron chi connectivity index (χ4n) is 5.44. The molecular formula is C34H25Cl2N7O. The van der Waals surface area contributed by atoms with Crippen LogP contribution in [0.15, 0.2) is 116 Å². The maximum atomic E-state index is 14.2. The van der Waals surface area contributed by atoms with Crippen LogP contribution >= 0.6 is 23.2 Å². The Morgan fingerprint density at radius 2 is 1.64 bits per heavy atom. The Morgan fingerprint density at radius 3 is 2.41 bits per heavy atom. The first-order valence-corrected chi connectivity index (χ1v) is 14.7. The second kappa shape index (κ2) is 11.5. The zero-order chi connectivity index (χ0) is 30.2. The molecule has 0 radical (unpaired) electrons. The van der Waals surface area contributed by atoms with Crippen LogP contribution in [-0.4, -0.2) is 35.2 Å². The van der Waals surface area contributed by atoms with Crippen molar-refractivity contribution in [1.29, 1.82) is 0 Å². The summed E-state index contributed by atoms with van der Waals surface area (Å²) in [5.74, 6) is 0.705. The maximum Gasteiger partial charge on any atom is 0.273 e. The molecule has 0 bridgehead atoms. The van der Waals surface area contributed by atoms with Crippen molar-refractivity contribution in [3.63, 3.8) is 0 Å². The van der Waals surface area contributed by atoms with Gasteiger partial charge in [0.1, 0.15) is 11.5 Å². The van der Waals surface area contributed by atoms with E-state index < -0.39 is 0 Å². The first-order chi connectivity index (χ1) is 21.5. The molecule has 0 fully saturated rings. The smallest absolute Gasteiger partial charge is 0.273 e. The molecule has 10 heteroatoms. The summed E-state index contributed by atoms with van der Waals surface area (Å²) < 4.78 is 3.68. The van der Waals surface area contributed by atoms with Crippen LogP contribution in [0.3, 0.4) is 0 Å². The molecule has 4 heterocycles. The molecule has 7 rings (SSSR count). The van der Waals surface area contributed by atoms with Gasteiger partial charge in [0.25, 0.3) is 5.91 Å². The minimum atomic E-state index is -0.351. The van der Waals surface area contributed by atoms with Gasteiger partial charge in [-0.1, -0.05) is 77.8 Å². The van der Waals surface area contributed by atoms with E-state index in [-0.39, 0.29) is 11.9 Å². The summed E-state index contributed by atoms with van der Waals surface area (Å²) in [5.41, 5.74) is 5.29. The number of fused-ring (bicyclic) bond motifs is 1. The quantitative estimate of drug-likeness (QED) is 0.188. The molecule has 2 N–H and O–H groups in total. The average Bonchev–Trinajstić information content (AvgIpc) is 3.78. The predicted molar refractivity (Wildman–Crippen MR) is 175 cm³/mol. The third-order valence-corrected chi connectivity index (χ3v) is 8.07. The summed E-state index contributed by atoms with van der Waals surface area (Å²) in [4.78, 5) is 26.9. The molecule has 0 unspecified atom stereocenters. The Morgan fingerprint density at radius 1 is 0.864 bits per heavy atom. The molecule has 0 saturated heterocycles.